The van der Waals surface area contributed by atoms with Gasteiger partial charge in [-0.15, -0.1) is 0 Å². The van der Waals surface area contributed by atoms with Gasteiger partial charge in [-0.05, 0) is 13.0 Å². The minimum Gasteiger partial charge on any atom is -0.465 e. The SMILES string of the molecule is CCOC(=O)[C@]1(Cc2ccccc2[N+](=O)[O-])C(=O)N(C)c2ccccc21. The third kappa shape index (κ3) is 2.52. The molecular weight excluding hydrogens is 336 g/mol. The zero-order valence-electron chi connectivity index (χ0n) is 14.5. The number of nitrogens with zero attached hydrogens (tertiary/aromatic N) is 2. The lowest BCUT2D eigenvalue weighted by atomic mass is 9.76. The van der Waals surface area contributed by atoms with Gasteiger partial charge >= 0.3 is 5.97 Å². The van der Waals surface area contributed by atoms with Crippen LogP contribution in [0.2, 0.25) is 0 Å². The quantitative estimate of drug-likeness (QED) is 0.356. The minimum absolute atomic E-state index is 0.108. The molecule has 0 spiro atoms. The van der Waals surface area contributed by atoms with E-state index < -0.39 is 22.2 Å². The lowest BCUT2D eigenvalue weighted by Crippen LogP contribution is -2.48. The van der Waals surface area contributed by atoms with Gasteiger partial charge in [0.1, 0.15) is 0 Å². The fourth-order valence-electron chi connectivity index (χ4n) is 3.46. The van der Waals surface area contributed by atoms with Gasteiger partial charge in [0.05, 0.1) is 11.5 Å². The maximum Gasteiger partial charge on any atom is 0.326 e. The van der Waals surface area contributed by atoms with Gasteiger partial charge in [-0.2, -0.15) is 0 Å². The largest absolute Gasteiger partial charge is 0.465 e. The molecule has 2 aromatic rings. The van der Waals surface area contributed by atoms with Gasteiger partial charge in [0.2, 0.25) is 5.91 Å². The van der Waals surface area contributed by atoms with Crippen LogP contribution in [0.25, 0.3) is 0 Å². The number of esters is 1. The average Bonchev–Trinajstić information content (AvgIpc) is 2.85. The second-order valence-corrected chi connectivity index (χ2v) is 6.07. The van der Waals surface area contributed by atoms with Gasteiger partial charge < -0.3 is 9.64 Å². The van der Waals surface area contributed by atoms with Crippen molar-refractivity contribution >= 4 is 23.3 Å². The Bertz CT molecular complexity index is 895. The Balaban J connectivity index is 2.21. The summed E-state index contributed by atoms with van der Waals surface area (Å²) >= 11 is 0. The van der Waals surface area contributed by atoms with Crippen LogP contribution >= 0.6 is 0 Å². The number of likely N-dealkylation sites (N-methyl/N-ethyl adjacent to an activating group) is 1. The van der Waals surface area contributed by atoms with Crippen molar-refractivity contribution in [2.75, 3.05) is 18.6 Å². The van der Waals surface area contributed by atoms with E-state index >= 15 is 0 Å². The molecule has 1 amide bonds. The standard InChI is InChI=1S/C19H18N2O5/c1-3-26-18(23)19(12-13-8-4-6-10-15(13)21(24)25)14-9-5-7-11-16(14)20(2)17(19)22/h4-11H,3,12H2,1-2H3/t19-/m0/s1. The predicted octanol–water partition coefficient (Wildman–Crippen LogP) is 2.61. The Morgan fingerprint density at radius 3 is 2.54 bits per heavy atom. The molecule has 0 saturated heterocycles. The highest BCUT2D eigenvalue weighted by atomic mass is 16.6. The van der Waals surface area contributed by atoms with Crippen LogP contribution in [0.1, 0.15) is 18.1 Å². The topological polar surface area (TPSA) is 89.7 Å². The van der Waals surface area contributed by atoms with E-state index in [0.29, 0.717) is 16.8 Å². The number of nitro groups is 1. The first kappa shape index (κ1) is 17.6. The van der Waals surface area contributed by atoms with Gasteiger partial charge in [0.25, 0.3) is 5.69 Å². The Kier molecular flexibility index (Phi) is 4.46. The van der Waals surface area contributed by atoms with Gasteiger partial charge in [-0.3, -0.25) is 19.7 Å². The molecule has 1 aliphatic rings. The van der Waals surface area contributed by atoms with Crippen LogP contribution < -0.4 is 4.90 Å². The maximum atomic E-state index is 13.1. The lowest BCUT2D eigenvalue weighted by molar-refractivity contribution is -0.385. The average molecular weight is 354 g/mol. The number of rotatable bonds is 5. The highest BCUT2D eigenvalue weighted by Crippen LogP contribution is 2.45. The second kappa shape index (κ2) is 6.59. The number of anilines is 1. The van der Waals surface area contributed by atoms with Crippen molar-refractivity contribution in [3.63, 3.8) is 0 Å². The monoisotopic (exact) mass is 354 g/mol. The highest BCUT2D eigenvalue weighted by molar-refractivity contribution is 6.20. The summed E-state index contributed by atoms with van der Waals surface area (Å²) in [5, 5.41) is 11.4. The summed E-state index contributed by atoms with van der Waals surface area (Å²) in [7, 11) is 1.58. The van der Waals surface area contributed by atoms with E-state index in [4.69, 9.17) is 4.74 Å². The van der Waals surface area contributed by atoms with E-state index in [1.165, 1.54) is 11.0 Å². The van der Waals surface area contributed by atoms with Crippen molar-refractivity contribution < 1.29 is 19.2 Å². The molecule has 1 atom stereocenters. The van der Waals surface area contributed by atoms with Crippen molar-refractivity contribution in [3.05, 3.63) is 69.8 Å². The molecule has 1 heterocycles. The summed E-state index contributed by atoms with van der Waals surface area (Å²) in [6, 6.07) is 13.1. The molecule has 0 saturated carbocycles. The van der Waals surface area contributed by atoms with Crippen molar-refractivity contribution in [1.82, 2.24) is 0 Å². The fraction of sp³-hybridized carbons (Fsp3) is 0.263. The Morgan fingerprint density at radius 2 is 1.85 bits per heavy atom. The molecule has 1 aliphatic heterocycles. The fourth-order valence-corrected chi connectivity index (χ4v) is 3.46. The maximum absolute atomic E-state index is 13.1. The van der Waals surface area contributed by atoms with Crippen LogP contribution in [-0.2, 0) is 26.2 Å². The van der Waals surface area contributed by atoms with Crippen LogP contribution in [0.3, 0.4) is 0 Å². The summed E-state index contributed by atoms with van der Waals surface area (Å²) in [5.74, 6) is -1.14. The number of carbonyl (C=O) groups is 2. The number of fused-ring (bicyclic) bond motifs is 1. The minimum atomic E-state index is -1.63. The third-order valence-corrected chi connectivity index (χ3v) is 4.66. The van der Waals surface area contributed by atoms with Crippen LogP contribution in [0.4, 0.5) is 11.4 Å². The molecule has 26 heavy (non-hydrogen) atoms. The summed E-state index contributed by atoms with van der Waals surface area (Å²) in [4.78, 5) is 38.3. The molecule has 134 valence electrons. The van der Waals surface area contributed by atoms with Crippen LogP contribution in [-0.4, -0.2) is 30.5 Å². The Morgan fingerprint density at radius 1 is 1.19 bits per heavy atom. The molecule has 0 radical (unpaired) electrons. The summed E-state index contributed by atoms with van der Waals surface area (Å²) in [6.07, 6.45) is -0.136. The first-order valence-corrected chi connectivity index (χ1v) is 8.20. The Labute approximate surface area is 150 Å². The number of carbonyl (C=O) groups excluding carboxylic acids is 2. The predicted molar refractivity (Wildman–Crippen MR) is 95.0 cm³/mol. The zero-order chi connectivity index (χ0) is 18.9. The highest BCUT2D eigenvalue weighted by Gasteiger charge is 2.57. The van der Waals surface area contributed by atoms with Crippen LogP contribution in [0.15, 0.2) is 48.5 Å². The molecule has 3 rings (SSSR count). The van der Waals surface area contributed by atoms with Crippen molar-refractivity contribution in [3.8, 4) is 0 Å². The first-order chi connectivity index (χ1) is 12.4. The summed E-state index contributed by atoms with van der Waals surface area (Å²) in [5.41, 5.74) is -0.346. The van der Waals surface area contributed by atoms with Gasteiger partial charge in [0.15, 0.2) is 5.41 Å². The van der Waals surface area contributed by atoms with E-state index in [1.807, 2.05) is 0 Å². The van der Waals surface area contributed by atoms with E-state index in [-0.39, 0.29) is 18.7 Å². The number of benzene rings is 2. The summed E-state index contributed by atoms with van der Waals surface area (Å²) in [6.45, 7) is 1.77. The second-order valence-electron chi connectivity index (χ2n) is 6.07. The number of amides is 1. The zero-order valence-corrected chi connectivity index (χ0v) is 14.5. The molecule has 0 fully saturated rings. The van der Waals surface area contributed by atoms with E-state index in [0.717, 1.165) is 0 Å². The molecule has 0 N–H and O–H groups in total. The molecule has 2 aromatic carbocycles. The molecular formula is C19H18N2O5. The number of hydrogen-bond acceptors (Lipinski definition) is 5. The van der Waals surface area contributed by atoms with Gasteiger partial charge in [0, 0.05) is 36.3 Å². The number of nitro benzene ring substituents is 1. The number of ether oxygens (including phenoxy) is 1. The van der Waals surface area contributed by atoms with Gasteiger partial charge in [-0.1, -0.05) is 36.4 Å². The van der Waals surface area contributed by atoms with Crippen LogP contribution in [0.5, 0.6) is 0 Å². The molecule has 0 aromatic heterocycles. The molecule has 0 unspecified atom stereocenters. The van der Waals surface area contributed by atoms with Crippen molar-refractivity contribution in [2.24, 2.45) is 0 Å². The van der Waals surface area contributed by atoms with Crippen LogP contribution in [0, 0.1) is 10.1 Å². The first-order valence-electron chi connectivity index (χ1n) is 8.20. The molecule has 0 aliphatic carbocycles. The lowest BCUT2D eigenvalue weighted by Gasteiger charge is -2.26. The number of para-hydroxylation sites is 2. The van der Waals surface area contributed by atoms with E-state index in [9.17, 15) is 19.7 Å². The summed E-state index contributed by atoms with van der Waals surface area (Å²) < 4.78 is 5.22. The molecule has 7 nitrogen and oxygen atoms in total. The normalized spacial score (nSPS) is 18.5. The van der Waals surface area contributed by atoms with E-state index in [1.54, 1.807) is 56.4 Å². The number of hydrogen-bond donors (Lipinski definition) is 0. The van der Waals surface area contributed by atoms with Crippen molar-refractivity contribution in [2.45, 2.75) is 18.8 Å². The molecule has 0 bridgehead atoms. The van der Waals surface area contributed by atoms with Gasteiger partial charge in [-0.25, -0.2) is 0 Å². The molecule has 7 heteroatoms. The smallest absolute Gasteiger partial charge is 0.326 e. The Hall–Kier alpha value is -3.22. The van der Waals surface area contributed by atoms with Crippen molar-refractivity contribution in [1.29, 1.82) is 0 Å². The third-order valence-electron chi connectivity index (χ3n) is 4.66. The van der Waals surface area contributed by atoms with E-state index in [2.05, 4.69) is 0 Å².